The average Bonchev–Trinajstić information content (AvgIpc) is 2.58. The molecule has 1 aromatic heterocycles. The van der Waals surface area contributed by atoms with Crippen LogP contribution in [0.3, 0.4) is 0 Å². The first-order valence-electron chi connectivity index (χ1n) is 7.84. The molecule has 0 aliphatic carbocycles. The van der Waals surface area contributed by atoms with Gasteiger partial charge < -0.3 is 10.6 Å². The summed E-state index contributed by atoms with van der Waals surface area (Å²) in [6, 6.07) is 10.4. The van der Waals surface area contributed by atoms with E-state index in [1.807, 2.05) is 13.8 Å². The molecule has 0 atom stereocenters. The Hall–Kier alpha value is -2.78. The summed E-state index contributed by atoms with van der Waals surface area (Å²) in [4.78, 5) is 28.2. The first-order chi connectivity index (χ1) is 12.2. The molecule has 0 saturated carbocycles. The van der Waals surface area contributed by atoms with E-state index in [0.717, 1.165) is 0 Å². The van der Waals surface area contributed by atoms with Crippen LogP contribution >= 0.6 is 0 Å². The van der Waals surface area contributed by atoms with E-state index in [1.54, 1.807) is 18.2 Å². The Kier molecular flexibility index (Phi) is 6.06. The molecule has 9 heteroatoms. The highest BCUT2D eigenvalue weighted by Crippen LogP contribution is 2.09. The van der Waals surface area contributed by atoms with Gasteiger partial charge in [-0.05, 0) is 43.7 Å². The molecule has 0 aliphatic rings. The lowest BCUT2D eigenvalue weighted by Gasteiger charge is -2.09. The number of benzene rings is 1. The summed E-state index contributed by atoms with van der Waals surface area (Å²) < 4.78 is 22.4. The fourth-order valence-corrected chi connectivity index (χ4v) is 2.61. The molecule has 138 valence electrons. The highest BCUT2D eigenvalue weighted by molar-refractivity contribution is 7.89. The molecule has 2 amide bonds. The Labute approximate surface area is 151 Å². The van der Waals surface area contributed by atoms with Gasteiger partial charge in [0.05, 0.1) is 4.90 Å². The average molecular weight is 376 g/mol. The van der Waals surface area contributed by atoms with Crippen LogP contribution in [0.5, 0.6) is 0 Å². The lowest BCUT2D eigenvalue weighted by atomic mass is 10.2. The number of nitrogens with two attached hydrogens (primary N) is 1. The van der Waals surface area contributed by atoms with E-state index < -0.39 is 15.9 Å². The van der Waals surface area contributed by atoms with Crippen molar-refractivity contribution >= 4 is 21.8 Å². The van der Waals surface area contributed by atoms with E-state index >= 15 is 0 Å². The van der Waals surface area contributed by atoms with Gasteiger partial charge in [0.15, 0.2) is 0 Å². The van der Waals surface area contributed by atoms with Crippen LogP contribution in [-0.4, -0.2) is 31.3 Å². The van der Waals surface area contributed by atoms with Crippen molar-refractivity contribution in [2.24, 2.45) is 5.14 Å². The number of primary sulfonamides is 1. The second-order valence-electron chi connectivity index (χ2n) is 5.91. The maximum Gasteiger partial charge on any atom is 0.270 e. The zero-order chi connectivity index (χ0) is 19.3. The minimum Gasteiger partial charge on any atom is -0.349 e. The molecule has 0 saturated heterocycles. The lowest BCUT2D eigenvalue weighted by Crippen LogP contribution is -2.31. The number of carbonyl (C=O) groups is 2. The van der Waals surface area contributed by atoms with Gasteiger partial charge in [-0.25, -0.2) is 18.5 Å². The molecule has 0 aliphatic heterocycles. The molecule has 0 unspecified atom stereocenters. The monoisotopic (exact) mass is 376 g/mol. The standard InChI is InChI=1S/C17H20N4O4S/c1-11(2)20-17(23)15-5-3-4-14(21-15)16(22)19-10-12-6-8-13(9-7-12)26(18,24)25/h3-9,11H,10H2,1-2H3,(H,19,22)(H,20,23)(H2,18,24,25). The molecule has 26 heavy (non-hydrogen) atoms. The summed E-state index contributed by atoms with van der Waals surface area (Å²) in [6.45, 7) is 3.83. The Bertz CT molecular complexity index is 909. The van der Waals surface area contributed by atoms with Crippen LogP contribution in [0.15, 0.2) is 47.4 Å². The second kappa shape index (κ2) is 8.07. The van der Waals surface area contributed by atoms with Gasteiger partial charge in [0.25, 0.3) is 11.8 Å². The quantitative estimate of drug-likeness (QED) is 0.686. The van der Waals surface area contributed by atoms with Crippen LogP contribution in [0.4, 0.5) is 0 Å². The van der Waals surface area contributed by atoms with Crippen molar-refractivity contribution < 1.29 is 18.0 Å². The fourth-order valence-electron chi connectivity index (χ4n) is 2.09. The van der Waals surface area contributed by atoms with Crippen molar-refractivity contribution in [2.45, 2.75) is 31.3 Å². The number of nitrogens with one attached hydrogen (secondary N) is 2. The van der Waals surface area contributed by atoms with Gasteiger partial charge in [-0.1, -0.05) is 18.2 Å². The molecule has 0 spiro atoms. The van der Waals surface area contributed by atoms with E-state index in [2.05, 4.69) is 15.6 Å². The van der Waals surface area contributed by atoms with Crippen LogP contribution < -0.4 is 15.8 Å². The number of pyridine rings is 1. The third-order valence-electron chi connectivity index (χ3n) is 3.34. The Balaban J connectivity index is 2.03. The molecule has 1 aromatic carbocycles. The van der Waals surface area contributed by atoms with Crippen molar-refractivity contribution in [1.82, 2.24) is 15.6 Å². The minimum atomic E-state index is -3.75. The molecule has 2 aromatic rings. The maximum absolute atomic E-state index is 12.2. The van der Waals surface area contributed by atoms with E-state index in [1.165, 1.54) is 24.3 Å². The van der Waals surface area contributed by atoms with Gasteiger partial charge in [0.2, 0.25) is 10.0 Å². The van der Waals surface area contributed by atoms with E-state index in [4.69, 9.17) is 5.14 Å². The van der Waals surface area contributed by atoms with Crippen LogP contribution in [0, 0.1) is 0 Å². The topological polar surface area (TPSA) is 131 Å². The molecule has 0 fully saturated rings. The smallest absolute Gasteiger partial charge is 0.270 e. The number of carbonyl (C=O) groups excluding carboxylic acids is 2. The summed E-state index contributed by atoms with van der Waals surface area (Å²) in [5.74, 6) is -0.798. The van der Waals surface area contributed by atoms with Crippen molar-refractivity contribution in [2.75, 3.05) is 0 Å². The number of rotatable bonds is 6. The summed E-state index contributed by atoms with van der Waals surface area (Å²) >= 11 is 0. The highest BCUT2D eigenvalue weighted by atomic mass is 32.2. The molecular formula is C17H20N4O4S. The molecule has 1 heterocycles. The zero-order valence-corrected chi connectivity index (χ0v) is 15.2. The number of nitrogens with zero attached hydrogens (tertiary/aromatic N) is 1. The van der Waals surface area contributed by atoms with Gasteiger partial charge in [-0.3, -0.25) is 9.59 Å². The van der Waals surface area contributed by atoms with Crippen LogP contribution in [-0.2, 0) is 16.6 Å². The molecule has 8 nitrogen and oxygen atoms in total. The Morgan fingerprint density at radius 3 is 2.15 bits per heavy atom. The van der Waals surface area contributed by atoms with Gasteiger partial charge in [0.1, 0.15) is 11.4 Å². The first-order valence-corrected chi connectivity index (χ1v) is 9.39. The third kappa shape index (κ3) is 5.36. The number of sulfonamides is 1. The summed E-state index contributed by atoms with van der Waals surface area (Å²) in [5, 5.41) is 10.4. The normalized spacial score (nSPS) is 11.2. The molecular weight excluding hydrogens is 356 g/mol. The predicted molar refractivity (Wildman–Crippen MR) is 95.8 cm³/mol. The van der Waals surface area contributed by atoms with Crippen LogP contribution in [0.2, 0.25) is 0 Å². The lowest BCUT2D eigenvalue weighted by molar-refractivity contribution is 0.0936. The van der Waals surface area contributed by atoms with Crippen molar-refractivity contribution in [3.8, 4) is 0 Å². The highest BCUT2D eigenvalue weighted by Gasteiger charge is 2.13. The predicted octanol–water partition coefficient (Wildman–Crippen LogP) is 0.797. The molecule has 2 rings (SSSR count). The van der Waals surface area contributed by atoms with Crippen molar-refractivity contribution in [3.05, 3.63) is 59.4 Å². The summed E-state index contributed by atoms with van der Waals surface area (Å²) in [6.07, 6.45) is 0. The van der Waals surface area contributed by atoms with E-state index in [-0.39, 0.29) is 34.8 Å². The zero-order valence-electron chi connectivity index (χ0n) is 14.4. The van der Waals surface area contributed by atoms with E-state index in [0.29, 0.717) is 5.56 Å². The molecule has 4 N–H and O–H groups in total. The fraction of sp³-hybridized carbons (Fsp3) is 0.235. The van der Waals surface area contributed by atoms with Crippen LogP contribution in [0.1, 0.15) is 40.4 Å². The molecule has 0 radical (unpaired) electrons. The number of aromatic nitrogens is 1. The van der Waals surface area contributed by atoms with Gasteiger partial charge in [0, 0.05) is 12.6 Å². The number of amides is 2. The van der Waals surface area contributed by atoms with Crippen molar-refractivity contribution in [3.63, 3.8) is 0 Å². The first kappa shape index (κ1) is 19.5. The summed E-state index contributed by atoms with van der Waals surface area (Å²) in [5.41, 5.74) is 0.964. The van der Waals surface area contributed by atoms with Crippen LogP contribution in [0.25, 0.3) is 0 Å². The molecule has 0 bridgehead atoms. The largest absolute Gasteiger partial charge is 0.349 e. The third-order valence-corrected chi connectivity index (χ3v) is 4.27. The number of hydrogen-bond donors (Lipinski definition) is 3. The Morgan fingerprint density at radius 1 is 1.04 bits per heavy atom. The number of hydrogen-bond acceptors (Lipinski definition) is 5. The van der Waals surface area contributed by atoms with Gasteiger partial charge in [-0.2, -0.15) is 0 Å². The SMILES string of the molecule is CC(C)NC(=O)c1cccc(C(=O)NCc2ccc(S(N)(=O)=O)cc2)n1. The summed E-state index contributed by atoms with van der Waals surface area (Å²) in [7, 11) is -3.75. The Morgan fingerprint density at radius 2 is 1.62 bits per heavy atom. The van der Waals surface area contributed by atoms with Crippen molar-refractivity contribution in [1.29, 1.82) is 0 Å². The second-order valence-corrected chi connectivity index (χ2v) is 7.47. The van der Waals surface area contributed by atoms with Gasteiger partial charge >= 0.3 is 0 Å². The maximum atomic E-state index is 12.2. The minimum absolute atomic E-state index is 0.00175. The van der Waals surface area contributed by atoms with E-state index in [9.17, 15) is 18.0 Å². The van der Waals surface area contributed by atoms with Gasteiger partial charge in [-0.15, -0.1) is 0 Å².